The van der Waals surface area contributed by atoms with Crippen molar-refractivity contribution in [2.75, 3.05) is 16.0 Å². The van der Waals surface area contributed by atoms with Crippen LogP contribution in [0.3, 0.4) is 0 Å². The molecule has 31 heavy (non-hydrogen) atoms. The van der Waals surface area contributed by atoms with Crippen LogP contribution in [-0.4, -0.2) is 17.7 Å². The third-order valence-electron chi connectivity index (χ3n) is 4.27. The fraction of sp³-hybridized carbons (Fsp3) is 0. The van der Waals surface area contributed by atoms with Crippen molar-refractivity contribution in [3.63, 3.8) is 0 Å². The Morgan fingerprint density at radius 3 is 2.03 bits per heavy atom. The Balaban J connectivity index is 1.38. The van der Waals surface area contributed by atoms with E-state index in [1.807, 2.05) is 11.4 Å². The summed E-state index contributed by atoms with van der Waals surface area (Å²) in [5.74, 6) is -0.694. The average Bonchev–Trinajstić information content (AvgIpc) is 3.49. The first-order chi connectivity index (χ1) is 15.1. The number of anilines is 3. The zero-order valence-corrected chi connectivity index (χ0v) is 16.9. The Hall–Kier alpha value is -4.17. The molecule has 0 saturated carbocycles. The van der Waals surface area contributed by atoms with Crippen LogP contribution in [0.2, 0.25) is 0 Å². The van der Waals surface area contributed by atoms with Gasteiger partial charge in [-0.3, -0.25) is 14.4 Å². The van der Waals surface area contributed by atoms with Crippen LogP contribution < -0.4 is 16.0 Å². The van der Waals surface area contributed by atoms with Crippen LogP contribution in [0.5, 0.6) is 0 Å². The molecule has 8 heteroatoms. The monoisotopic (exact) mass is 431 g/mol. The second kappa shape index (κ2) is 9.10. The highest BCUT2D eigenvalue weighted by Gasteiger charge is 2.11. The first kappa shape index (κ1) is 20.1. The van der Waals surface area contributed by atoms with E-state index in [4.69, 9.17) is 4.42 Å². The highest BCUT2D eigenvalue weighted by atomic mass is 32.1. The van der Waals surface area contributed by atoms with Gasteiger partial charge in [0, 0.05) is 22.6 Å². The summed E-state index contributed by atoms with van der Waals surface area (Å²) in [6.45, 7) is 0. The zero-order valence-electron chi connectivity index (χ0n) is 16.1. The van der Waals surface area contributed by atoms with Gasteiger partial charge in [-0.25, -0.2) is 0 Å². The SMILES string of the molecule is O=C(Nc1cccc(NC(=O)c2ccco2)c1)c1ccc(NC(=O)c2cccs2)cc1. The Labute approximate surface area is 181 Å². The van der Waals surface area contributed by atoms with Crippen molar-refractivity contribution >= 4 is 46.1 Å². The summed E-state index contributed by atoms with van der Waals surface area (Å²) in [4.78, 5) is 37.4. The highest BCUT2D eigenvalue weighted by Crippen LogP contribution is 2.19. The molecule has 0 atom stereocenters. The van der Waals surface area contributed by atoms with E-state index in [-0.39, 0.29) is 23.5 Å². The van der Waals surface area contributed by atoms with E-state index in [0.717, 1.165) is 0 Å². The molecule has 7 nitrogen and oxygen atoms in total. The van der Waals surface area contributed by atoms with Gasteiger partial charge in [0.2, 0.25) is 0 Å². The van der Waals surface area contributed by atoms with Crippen LogP contribution in [0.25, 0.3) is 0 Å². The minimum absolute atomic E-state index is 0.194. The number of hydrogen-bond acceptors (Lipinski definition) is 5. The number of thiophene rings is 1. The summed E-state index contributed by atoms with van der Waals surface area (Å²) in [5.41, 5.74) is 2.07. The first-order valence-electron chi connectivity index (χ1n) is 9.30. The number of nitrogens with one attached hydrogen (secondary N) is 3. The molecule has 0 aliphatic heterocycles. The quantitative estimate of drug-likeness (QED) is 0.395. The highest BCUT2D eigenvalue weighted by molar-refractivity contribution is 7.12. The Morgan fingerprint density at radius 1 is 0.677 bits per heavy atom. The molecule has 3 N–H and O–H groups in total. The van der Waals surface area contributed by atoms with Crippen molar-refractivity contribution in [1.82, 2.24) is 0 Å². The van der Waals surface area contributed by atoms with Gasteiger partial charge in [-0.15, -0.1) is 11.3 Å². The van der Waals surface area contributed by atoms with Gasteiger partial charge in [0.15, 0.2) is 5.76 Å². The lowest BCUT2D eigenvalue weighted by Gasteiger charge is -2.09. The normalized spacial score (nSPS) is 10.3. The van der Waals surface area contributed by atoms with Crippen LogP contribution in [0.15, 0.2) is 88.9 Å². The Kier molecular flexibility index (Phi) is 5.91. The molecular formula is C23H17N3O4S. The third kappa shape index (κ3) is 5.06. The van der Waals surface area contributed by atoms with E-state index in [2.05, 4.69) is 16.0 Å². The lowest BCUT2D eigenvalue weighted by Crippen LogP contribution is -2.14. The molecule has 4 aromatic rings. The molecule has 0 saturated heterocycles. The maximum Gasteiger partial charge on any atom is 0.291 e. The van der Waals surface area contributed by atoms with Crippen LogP contribution in [0.4, 0.5) is 17.1 Å². The summed E-state index contributed by atoms with van der Waals surface area (Å²) in [7, 11) is 0. The Bertz CT molecular complexity index is 1200. The second-order valence-electron chi connectivity index (χ2n) is 6.48. The van der Waals surface area contributed by atoms with Gasteiger partial charge in [0.1, 0.15) is 0 Å². The molecule has 0 spiro atoms. The predicted octanol–water partition coefficient (Wildman–Crippen LogP) is 5.10. The molecule has 4 rings (SSSR count). The fourth-order valence-electron chi connectivity index (χ4n) is 2.78. The van der Waals surface area contributed by atoms with Crippen molar-refractivity contribution in [2.45, 2.75) is 0 Å². The van der Waals surface area contributed by atoms with Gasteiger partial charge in [0.25, 0.3) is 17.7 Å². The largest absolute Gasteiger partial charge is 0.459 e. The molecule has 154 valence electrons. The molecule has 0 radical (unpaired) electrons. The number of carbonyl (C=O) groups is 3. The van der Waals surface area contributed by atoms with Crippen molar-refractivity contribution < 1.29 is 18.8 Å². The van der Waals surface area contributed by atoms with Crippen molar-refractivity contribution in [3.05, 3.63) is 101 Å². The molecule has 0 bridgehead atoms. The third-order valence-corrected chi connectivity index (χ3v) is 5.14. The Morgan fingerprint density at radius 2 is 1.39 bits per heavy atom. The minimum atomic E-state index is -0.381. The fourth-order valence-corrected chi connectivity index (χ4v) is 3.40. The van der Waals surface area contributed by atoms with Crippen molar-refractivity contribution in [3.8, 4) is 0 Å². The van der Waals surface area contributed by atoms with Crippen LogP contribution >= 0.6 is 11.3 Å². The molecule has 0 fully saturated rings. The van der Waals surface area contributed by atoms with E-state index >= 15 is 0 Å². The van der Waals surface area contributed by atoms with Gasteiger partial charge in [0.05, 0.1) is 11.1 Å². The van der Waals surface area contributed by atoms with E-state index in [1.54, 1.807) is 66.7 Å². The van der Waals surface area contributed by atoms with Gasteiger partial charge in [-0.05, 0) is 66.0 Å². The van der Waals surface area contributed by atoms with Crippen LogP contribution in [0.1, 0.15) is 30.6 Å². The van der Waals surface area contributed by atoms with E-state index in [1.165, 1.54) is 17.6 Å². The standard InChI is InChI=1S/C23H17N3O4S/c27-21(15-8-10-16(11-9-15)24-23(29)20-7-3-13-31-20)25-17-4-1-5-18(14-17)26-22(28)19-6-2-12-30-19/h1-14H,(H,24,29)(H,25,27)(H,26,28). The van der Waals surface area contributed by atoms with Crippen molar-refractivity contribution in [2.24, 2.45) is 0 Å². The second-order valence-corrected chi connectivity index (χ2v) is 7.42. The topological polar surface area (TPSA) is 100 Å². The molecular weight excluding hydrogens is 414 g/mol. The molecule has 2 heterocycles. The van der Waals surface area contributed by atoms with E-state index < -0.39 is 0 Å². The van der Waals surface area contributed by atoms with Gasteiger partial charge in [-0.2, -0.15) is 0 Å². The molecule has 3 amide bonds. The summed E-state index contributed by atoms with van der Waals surface area (Å²) < 4.78 is 5.07. The van der Waals surface area contributed by atoms with Crippen LogP contribution in [0, 0.1) is 0 Å². The number of amides is 3. The molecule has 0 aliphatic carbocycles. The number of furan rings is 1. The lowest BCUT2D eigenvalue weighted by molar-refractivity contribution is 0.0994. The van der Waals surface area contributed by atoms with Gasteiger partial charge >= 0.3 is 0 Å². The van der Waals surface area contributed by atoms with E-state index in [0.29, 0.717) is 27.5 Å². The summed E-state index contributed by atoms with van der Waals surface area (Å²) in [6, 6.07) is 20.1. The molecule has 0 aliphatic rings. The van der Waals surface area contributed by atoms with Gasteiger partial charge in [-0.1, -0.05) is 12.1 Å². The maximum atomic E-state index is 12.6. The predicted molar refractivity (Wildman–Crippen MR) is 120 cm³/mol. The first-order valence-corrected chi connectivity index (χ1v) is 10.2. The number of benzene rings is 2. The van der Waals surface area contributed by atoms with Crippen LogP contribution in [-0.2, 0) is 0 Å². The summed E-state index contributed by atoms with van der Waals surface area (Å²) in [5, 5.41) is 10.1. The lowest BCUT2D eigenvalue weighted by atomic mass is 10.2. The summed E-state index contributed by atoms with van der Waals surface area (Å²) >= 11 is 1.36. The average molecular weight is 431 g/mol. The van der Waals surface area contributed by atoms with Gasteiger partial charge < -0.3 is 20.4 Å². The number of carbonyl (C=O) groups excluding carboxylic acids is 3. The number of rotatable bonds is 6. The van der Waals surface area contributed by atoms with Crippen molar-refractivity contribution in [1.29, 1.82) is 0 Å². The zero-order chi connectivity index (χ0) is 21.6. The molecule has 2 aromatic carbocycles. The molecule has 0 unspecified atom stereocenters. The number of hydrogen-bond donors (Lipinski definition) is 3. The maximum absolute atomic E-state index is 12.6. The summed E-state index contributed by atoms with van der Waals surface area (Å²) in [6.07, 6.45) is 1.42. The minimum Gasteiger partial charge on any atom is -0.459 e. The molecule has 2 aromatic heterocycles. The smallest absolute Gasteiger partial charge is 0.291 e. The van der Waals surface area contributed by atoms with E-state index in [9.17, 15) is 14.4 Å².